The molecule has 0 amide bonds. The molecule has 0 radical (unpaired) electrons. The summed E-state index contributed by atoms with van der Waals surface area (Å²) < 4.78 is 6.15. The first-order valence-electron chi connectivity index (χ1n) is 23.2. The normalized spacial score (nSPS) is 31.0. The van der Waals surface area contributed by atoms with Crippen LogP contribution in [0.5, 0.6) is 0 Å². The number of esters is 1. The van der Waals surface area contributed by atoms with Crippen molar-refractivity contribution in [1.82, 2.24) is 0 Å². The maximum Gasteiger partial charge on any atom is 0.306 e. The van der Waals surface area contributed by atoms with E-state index in [9.17, 15) is 4.79 Å². The van der Waals surface area contributed by atoms with Gasteiger partial charge in [0.2, 0.25) is 0 Å². The number of rotatable bonds is 25. The first-order valence-corrected chi connectivity index (χ1v) is 23.2. The van der Waals surface area contributed by atoms with E-state index in [0.29, 0.717) is 17.3 Å². The molecule has 0 heterocycles. The highest BCUT2D eigenvalue weighted by atomic mass is 16.5. The van der Waals surface area contributed by atoms with Gasteiger partial charge in [-0.15, -0.1) is 0 Å². The molecule has 4 rings (SSSR count). The second-order valence-electron chi connectivity index (χ2n) is 19.4. The third-order valence-electron chi connectivity index (χ3n) is 15.2. The SMILES string of the molecule is CCCCCCCC/C=C\CCCCCCCCCCCC(=O)O[C@H]1CC[C@@]2(C)C(=CC[C@@H]3[C@H]4CC[C@@H]([C@@H](C)CCCC(C)C)[C@]4(C)CC[C@H]32)C1. The van der Waals surface area contributed by atoms with Gasteiger partial charge in [-0.2, -0.15) is 0 Å². The van der Waals surface area contributed by atoms with Gasteiger partial charge in [0.1, 0.15) is 6.10 Å². The summed E-state index contributed by atoms with van der Waals surface area (Å²) in [6, 6.07) is 0. The van der Waals surface area contributed by atoms with Crippen molar-refractivity contribution >= 4 is 5.97 Å². The number of hydrogen-bond donors (Lipinski definition) is 0. The van der Waals surface area contributed by atoms with E-state index in [1.54, 1.807) is 5.57 Å². The van der Waals surface area contributed by atoms with Crippen LogP contribution >= 0.6 is 0 Å². The van der Waals surface area contributed by atoms with E-state index in [2.05, 4.69) is 59.8 Å². The van der Waals surface area contributed by atoms with Crippen LogP contribution in [0.3, 0.4) is 0 Å². The molecule has 0 unspecified atom stereocenters. The van der Waals surface area contributed by atoms with Crippen molar-refractivity contribution < 1.29 is 9.53 Å². The Morgan fingerprint density at radius 1 is 0.745 bits per heavy atom. The van der Waals surface area contributed by atoms with Crippen molar-refractivity contribution in [3.63, 3.8) is 0 Å². The number of ether oxygens (including phenoxy) is 1. The molecule has 0 bridgehead atoms. The molecule has 0 aromatic rings. The molecular formula is C49H86O2. The summed E-state index contributed by atoms with van der Waals surface area (Å²) >= 11 is 0. The van der Waals surface area contributed by atoms with Crippen LogP contribution < -0.4 is 0 Å². The third-order valence-corrected chi connectivity index (χ3v) is 15.2. The summed E-state index contributed by atoms with van der Waals surface area (Å²) in [7, 11) is 0. The molecule has 8 atom stereocenters. The summed E-state index contributed by atoms with van der Waals surface area (Å²) in [6.45, 7) is 15.0. The maximum absolute atomic E-state index is 12.9. The molecule has 0 saturated heterocycles. The van der Waals surface area contributed by atoms with E-state index in [1.165, 1.54) is 161 Å². The molecule has 0 spiro atoms. The average molecular weight is 707 g/mol. The predicted molar refractivity (Wildman–Crippen MR) is 221 cm³/mol. The van der Waals surface area contributed by atoms with Gasteiger partial charge < -0.3 is 4.74 Å². The number of fused-ring (bicyclic) bond motifs is 5. The highest BCUT2D eigenvalue weighted by molar-refractivity contribution is 5.69. The van der Waals surface area contributed by atoms with Crippen molar-refractivity contribution in [2.75, 3.05) is 0 Å². The number of carbonyl (C=O) groups is 1. The molecule has 2 nitrogen and oxygen atoms in total. The molecule has 4 aliphatic rings. The van der Waals surface area contributed by atoms with Crippen molar-refractivity contribution in [2.45, 2.75) is 234 Å². The van der Waals surface area contributed by atoms with Crippen molar-refractivity contribution in [2.24, 2.45) is 46.3 Å². The highest BCUT2D eigenvalue weighted by Gasteiger charge is 2.59. The standard InChI is InChI=1S/C49H86O2/c1-7-8-9-10-11-12-13-14-15-16-17-18-19-20-21-22-23-24-25-29-47(50)51-42-34-36-48(5)41(38-42)30-31-43-45-33-32-44(40(4)28-26-27-39(2)3)49(45,6)37-35-46(43)48/h14-15,30,39-40,42-46H,7-13,16-29,31-38H2,1-6H3/b15-14-/t40-,42-,43+,44-,45+,46+,48-,49-/m0/s1. The summed E-state index contributed by atoms with van der Waals surface area (Å²) in [5.74, 6) is 5.32. The lowest BCUT2D eigenvalue weighted by Crippen LogP contribution is -2.51. The largest absolute Gasteiger partial charge is 0.462 e. The van der Waals surface area contributed by atoms with Crippen LogP contribution in [0, 0.1) is 46.3 Å². The van der Waals surface area contributed by atoms with Gasteiger partial charge in [-0.1, -0.05) is 162 Å². The first kappa shape index (κ1) is 42.7. The van der Waals surface area contributed by atoms with Crippen LogP contribution in [0.1, 0.15) is 228 Å². The third kappa shape index (κ3) is 12.8. The minimum atomic E-state index is 0.0619. The van der Waals surface area contributed by atoms with Crippen LogP contribution in [-0.2, 0) is 9.53 Å². The molecule has 0 aromatic heterocycles. The number of hydrogen-bond acceptors (Lipinski definition) is 2. The number of carbonyl (C=O) groups excluding carboxylic acids is 1. The van der Waals surface area contributed by atoms with E-state index in [1.807, 2.05) is 0 Å². The fourth-order valence-corrected chi connectivity index (χ4v) is 12.0. The van der Waals surface area contributed by atoms with E-state index in [4.69, 9.17) is 4.74 Å². The monoisotopic (exact) mass is 707 g/mol. The Balaban J connectivity index is 1.04. The van der Waals surface area contributed by atoms with E-state index < -0.39 is 0 Å². The van der Waals surface area contributed by atoms with E-state index in [-0.39, 0.29) is 12.1 Å². The number of unbranched alkanes of at least 4 members (excludes halogenated alkanes) is 15. The molecule has 3 fully saturated rings. The van der Waals surface area contributed by atoms with Crippen LogP contribution in [-0.4, -0.2) is 12.1 Å². The van der Waals surface area contributed by atoms with Crippen LogP contribution in [0.15, 0.2) is 23.8 Å². The Bertz CT molecular complexity index is 1040. The predicted octanol–water partition coefficient (Wildman–Crippen LogP) is 15.5. The molecule has 294 valence electrons. The molecular weight excluding hydrogens is 621 g/mol. The van der Waals surface area contributed by atoms with Crippen molar-refractivity contribution in [3.05, 3.63) is 23.8 Å². The van der Waals surface area contributed by atoms with Crippen molar-refractivity contribution in [1.29, 1.82) is 0 Å². The fourth-order valence-electron chi connectivity index (χ4n) is 12.0. The fraction of sp³-hybridized carbons (Fsp3) is 0.898. The van der Waals surface area contributed by atoms with Crippen LogP contribution in [0.4, 0.5) is 0 Å². The maximum atomic E-state index is 12.9. The zero-order chi connectivity index (χ0) is 36.5. The molecule has 0 aliphatic heterocycles. The van der Waals surface area contributed by atoms with Gasteiger partial charge in [-0.25, -0.2) is 0 Å². The lowest BCUT2D eigenvalue weighted by molar-refractivity contribution is -0.151. The Morgan fingerprint density at radius 3 is 2.02 bits per heavy atom. The van der Waals surface area contributed by atoms with Gasteiger partial charge in [-0.3, -0.25) is 4.79 Å². The second kappa shape index (κ2) is 22.4. The van der Waals surface area contributed by atoms with Gasteiger partial charge in [0.25, 0.3) is 0 Å². The Morgan fingerprint density at radius 2 is 1.37 bits per heavy atom. The Kier molecular flexibility index (Phi) is 18.7. The molecule has 0 N–H and O–H groups in total. The molecule has 2 heteroatoms. The van der Waals surface area contributed by atoms with Gasteiger partial charge in [0.05, 0.1) is 0 Å². The smallest absolute Gasteiger partial charge is 0.306 e. The minimum Gasteiger partial charge on any atom is -0.462 e. The molecule has 4 aliphatic carbocycles. The van der Waals surface area contributed by atoms with Gasteiger partial charge in [-0.05, 0) is 123 Å². The summed E-state index contributed by atoms with van der Waals surface area (Å²) in [4.78, 5) is 12.9. The topological polar surface area (TPSA) is 26.3 Å². The zero-order valence-corrected chi connectivity index (χ0v) is 35.1. The molecule has 3 saturated carbocycles. The number of allylic oxidation sites excluding steroid dienone is 3. The summed E-state index contributed by atoms with van der Waals surface area (Å²) in [6.07, 6.45) is 45.4. The van der Waals surface area contributed by atoms with Gasteiger partial charge in [0, 0.05) is 12.8 Å². The first-order chi connectivity index (χ1) is 24.7. The highest BCUT2D eigenvalue weighted by Crippen LogP contribution is 2.67. The van der Waals surface area contributed by atoms with E-state index >= 15 is 0 Å². The lowest BCUT2D eigenvalue weighted by Gasteiger charge is -2.58. The lowest BCUT2D eigenvalue weighted by atomic mass is 9.47. The van der Waals surface area contributed by atoms with Gasteiger partial charge >= 0.3 is 5.97 Å². The van der Waals surface area contributed by atoms with Crippen molar-refractivity contribution in [3.8, 4) is 0 Å². The van der Waals surface area contributed by atoms with Crippen LogP contribution in [0.25, 0.3) is 0 Å². The van der Waals surface area contributed by atoms with E-state index in [0.717, 1.165) is 54.8 Å². The molecule has 0 aromatic carbocycles. The minimum absolute atomic E-state index is 0.0619. The molecule has 51 heavy (non-hydrogen) atoms. The summed E-state index contributed by atoms with van der Waals surface area (Å²) in [5, 5.41) is 0. The second-order valence-corrected chi connectivity index (χ2v) is 19.4. The Labute approximate surface area is 318 Å². The zero-order valence-electron chi connectivity index (χ0n) is 35.1. The van der Waals surface area contributed by atoms with Crippen LogP contribution in [0.2, 0.25) is 0 Å². The Hall–Kier alpha value is -1.05. The average Bonchev–Trinajstić information content (AvgIpc) is 3.46. The summed E-state index contributed by atoms with van der Waals surface area (Å²) in [5.41, 5.74) is 2.53. The quantitative estimate of drug-likeness (QED) is 0.0537. The van der Waals surface area contributed by atoms with Gasteiger partial charge in [0.15, 0.2) is 0 Å².